The molecule has 1 aromatic rings. The van der Waals surface area contributed by atoms with Gasteiger partial charge in [0.15, 0.2) is 5.82 Å². The molecule has 0 aromatic carbocycles. The topological polar surface area (TPSA) is 68.2 Å². The Balaban J connectivity index is 1.96. The van der Waals surface area contributed by atoms with Crippen molar-refractivity contribution in [3.8, 4) is 0 Å². The molecule has 0 aliphatic carbocycles. The maximum atomic E-state index is 5.93. The van der Waals surface area contributed by atoms with Crippen molar-refractivity contribution < 1.29 is 4.52 Å². The predicted octanol–water partition coefficient (Wildman–Crippen LogP) is 1.20. The number of rotatable bonds is 3. The van der Waals surface area contributed by atoms with Crippen LogP contribution >= 0.6 is 11.8 Å². The minimum atomic E-state index is -0.531. The highest BCUT2D eigenvalue weighted by Gasteiger charge is 2.22. The maximum absolute atomic E-state index is 5.93. The molecule has 2 N–H and O–H groups in total. The van der Waals surface area contributed by atoms with Crippen LogP contribution in [0.4, 0.5) is 0 Å². The number of thioether (sulfide) groups is 1. The first-order valence-corrected chi connectivity index (χ1v) is 7.13. The summed E-state index contributed by atoms with van der Waals surface area (Å²) in [6.45, 7) is 6.70. The molecule has 1 saturated heterocycles. The number of nitrogens with zero attached hydrogens (tertiary/aromatic N) is 3. The van der Waals surface area contributed by atoms with Gasteiger partial charge in [0.2, 0.25) is 5.89 Å². The second-order valence-corrected chi connectivity index (χ2v) is 6.20. The third kappa shape index (κ3) is 3.69. The number of hydrogen-bond acceptors (Lipinski definition) is 6. The summed E-state index contributed by atoms with van der Waals surface area (Å²) < 4.78 is 5.25. The first-order chi connectivity index (χ1) is 8.05. The Kier molecular flexibility index (Phi) is 4.06. The van der Waals surface area contributed by atoms with Crippen molar-refractivity contribution in [3.63, 3.8) is 0 Å². The molecule has 0 radical (unpaired) electrons. The van der Waals surface area contributed by atoms with E-state index in [0.717, 1.165) is 19.6 Å². The lowest BCUT2D eigenvalue weighted by Crippen LogP contribution is -2.30. The lowest BCUT2D eigenvalue weighted by atomic mass is 10.1. The molecule has 0 bridgehead atoms. The molecule has 0 unspecified atom stereocenters. The first kappa shape index (κ1) is 12.9. The molecule has 0 saturated carbocycles. The molecule has 6 heteroatoms. The normalized spacial score (nSPS) is 19.2. The minimum absolute atomic E-state index is 0.531. The fraction of sp³-hybridized carbons (Fsp3) is 0.818. The zero-order valence-corrected chi connectivity index (χ0v) is 11.3. The van der Waals surface area contributed by atoms with E-state index in [9.17, 15) is 0 Å². The third-order valence-corrected chi connectivity index (χ3v) is 3.77. The molecule has 0 atom stereocenters. The number of hydrogen-bond donors (Lipinski definition) is 1. The van der Waals surface area contributed by atoms with E-state index in [0.29, 0.717) is 11.7 Å². The van der Waals surface area contributed by atoms with Gasteiger partial charge in [-0.1, -0.05) is 5.16 Å². The Morgan fingerprint density at radius 2 is 2.24 bits per heavy atom. The van der Waals surface area contributed by atoms with Gasteiger partial charge in [-0.15, -0.1) is 0 Å². The molecule has 0 spiro atoms. The zero-order valence-electron chi connectivity index (χ0n) is 10.5. The highest BCUT2D eigenvalue weighted by Crippen LogP contribution is 2.15. The molecule has 96 valence electrons. The van der Waals surface area contributed by atoms with E-state index in [1.54, 1.807) is 0 Å². The fourth-order valence-corrected chi connectivity index (χ4v) is 2.65. The van der Waals surface area contributed by atoms with E-state index in [-0.39, 0.29) is 0 Å². The van der Waals surface area contributed by atoms with E-state index in [1.807, 2.05) is 25.6 Å². The van der Waals surface area contributed by atoms with Gasteiger partial charge in [0, 0.05) is 12.3 Å². The fourth-order valence-electron chi connectivity index (χ4n) is 1.73. The second-order valence-electron chi connectivity index (χ2n) is 4.98. The van der Waals surface area contributed by atoms with Gasteiger partial charge in [-0.05, 0) is 32.6 Å². The summed E-state index contributed by atoms with van der Waals surface area (Å²) in [4.78, 5) is 6.72. The van der Waals surface area contributed by atoms with Crippen LogP contribution in [-0.2, 0) is 12.1 Å². The third-order valence-electron chi connectivity index (χ3n) is 2.72. The van der Waals surface area contributed by atoms with Gasteiger partial charge < -0.3 is 10.3 Å². The second kappa shape index (κ2) is 5.37. The van der Waals surface area contributed by atoms with Crippen molar-refractivity contribution in [2.45, 2.75) is 32.4 Å². The smallest absolute Gasteiger partial charge is 0.240 e. The van der Waals surface area contributed by atoms with Crippen LogP contribution in [-0.4, -0.2) is 39.6 Å². The average Bonchev–Trinajstić information content (AvgIpc) is 2.56. The summed E-state index contributed by atoms with van der Waals surface area (Å²) in [7, 11) is 0. The molecular formula is C11H20N4OS. The van der Waals surface area contributed by atoms with Crippen LogP contribution in [0.3, 0.4) is 0 Å². The highest BCUT2D eigenvalue weighted by molar-refractivity contribution is 7.99. The molecule has 1 aliphatic rings. The summed E-state index contributed by atoms with van der Waals surface area (Å²) in [6.07, 6.45) is 1.23. The predicted molar refractivity (Wildman–Crippen MR) is 68.7 cm³/mol. The summed E-state index contributed by atoms with van der Waals surface area (Å²) in [6, 6.07) is 0. The lowest BCUT2D eigenvalue weighted by Gasteiger charge is -2.16. The highest BCUT2D eigenvalue weighted by atomic mass is 32.2. The van der Waals surface area contributed by atoms with Gasteiger partial charge in [0.1, 0.15) is 0 Å². The van der Waals surface area contributed by atoms with E-state index in [2.05, 4.69) is 15.0 Å². The van der Waals surface area contributed by atoms with Crippen LogP contribution in [0, 0.1) is 0 Å². The maximum Gasteiger partial charge on any atom is 0.240 e. The van der Waals surface area contributed by atoms with Crippen LogP contribution < -0.4 is 5.73 Å². The molecule has 1 aromatic heterocycles. The Labute approximate surface area is 106 Å². The Morgan fingerprint density at radius 3 is 2.94 bits per heavy atom. The van der Waals surface area contributed by atoms with Gasteiger partial charge in [0.05, 0.1) is 12.1 Å². The Morgan fingerprint density at radius 1 is 1.41 bits per heavy atom. The monoisotopic (exact) mass is 256 g/mol. The molecule has 2 heterocycles. The van der Waals surface area contributed by atoms with Gasteiger partial charge in [-0.2, -0.15) is 16.7 Å². The van der Waals surface area contributed by atoms with Crippen molar-refractivity contribution in [1.29, 1.82) is 0 Å². The SMILES string of the molecule is CC(C)(N)c1noc(CN2CCCSCC2)n1. The largest absolute Gasteiger partial charge is 0.338 e. The molecule has 5 nitrogen and oxygen atoms in total. The molecular weight excluding hydrogens is 236 g/mol. The quantitative estimate of drug-likeness (QED) is 0.876. The first-order valence-electron chi connectivity index (χ1n) is 5.98. The van der Waals surface area contributed by atoms with Crippen LogP contribution in [0.2, 0.25) is 0 Å². The zero-order chi connectivity index (χ0) is 12.3. The van der Waals surface area contributed by atoms with Gasteiger partial charge >= 0.3 is 0 Å². The Bertz CT molecular complexity index is 353. The lowest BCUT2D eigenvalue weighted by molar-refractivity contribution is 0.240. The summed E-state index contributed by atoms with van der Waals surface area (Å²) >= 11 is 2.01. The molecule has 1 fully saturated rings. The van der Waals surface area contributed by atoms with Gasteiger partial charge in [-0.3, -0.25) is 4.90 Å². The summed E-state index contributed by atoms with van der Waals surface area (Å²) in [5.74, 6) is 3.69. The van der Waals surface area contributed by atoms with E-state index in [4.69, 9.17) is 10.3 Å². The van der Waals surface area contributed by atoms with Crippen LogP contribution in [0.1, 0.15) is 32.0 Å². The van der Waals surface area contributed by atoms with Crippen molar-refractivity contribution in [2.75, 3.05) is 24.6 Å². The summed E-state index contributed by atoms with van der Waals surface area (Å²) in [5, 5.41) is 3.93. The van der Waals surface area contributed by atoms with Crippen molar-refractivity contribution in [1.82, 2.24) is 15.0 Å². The molecule has 17 heavy (non-hydrogen) atoms. The van der Waals surface area contributed by atoms with Crippen LogP contribution in [0.5, 0.6) is 0 Å². The summed E-state index contributed by atoms with van der Waals surface area (Å²) in [5.41, 5.74) is 5.39. The van der Waals surface area contributed by atoms with Crippen LogP contribution in [0.15, 0.2) is 4.52 Å². The minimum Gasteiger partial charge on any atom is -0.338 e. The van der Waals surface area contributed by atoms with Gasteiger partial charge in [-0.25, -0.2) is 0 Å². The molecule has 0 amide bonds. The van der Waals surface area contributed by atoms with Crippen molar-refractivity contribution in [3.05, 3.63) is 11.7 Å². The number of aromatic nitrogens is 2. The Hall–Kier alpha value is -0.590. The number of nitrogens with two attached hydrogens (primary N) is 1. The standard InChI is InChI=1S/C11H20N4OS/c1-11(2,12)10-13-9(16-14-10)8-15-4-3-6-17-7-5-15/h3-8,12H2,1-2H3. The van der Waals surface area contributed by atoms with E-state index in [1.165, 1.54) is 17.9 Å². The van der Waals surface area contributed by atoms with Crippen molar-refractivity contribution in [2.24, 2.45) is 5.73 Å². The van der Waals surface area contributed by atoms with Gasteiger partial charge in [0.25, 0.3) is 0 Å². The van der Waals surface area contributed by atoms with Crippen molar-refractivity contribution >= 4 is 11.8 Å². The van der Waals surface area contributed by atoms with E-state index < -0.39 is 5.54 Å². The van der Waals surface area contributed by atoms with Crippen LogP contribution in [0.25, 0.3) is 0 Å². The average molecular weight is 256 g/mol. The molecule has 1 aliphatic heterocycles. The van der Waals surface area contributed by atoms with E-state index >= 15 is 0 Å². The molecule has 2 rings (SSSR count).